The normalized spacial score (nSPS) is 16.4. The summed E-state index contributed by atoms with van der Waals surface area (Å²) in [6.45, 7) is 6.44. The van der Waals surface area contributed by atoms with Gasteiger partial charge in [-0.05, 0) is 31.0 Å². The number of ether oxygens (including phenoxy) is 1. The number of carbonyl (C=O) groups is 1. The summed E-state index contributed by atoms with van der Waals surface area (Å²) in [6.07, 6.45) is 4.86. The van der Waals surface area contributed by atoms with Crippen LogP contribution in [0, 0.1) is 5.41 Å². The van der Waals surface area contributed by atoms with Gasteiger partial charge in [-0.2, -0.15) is 0 Å². The van der Waals surface area contributed by atoms with E-state index in [1.165, 1.54) is 25.7 Å². The molecule has 0 aliphatic carbocycles. The highest BCUT2D eigenvalue weighted by Gasteiger charge is 2.42. The van der Waals surface area contributed by atoms with E-state index in [0.717, 1.165) is 24.5 Å². The Hall–Kier alpha value is -1.71. The molecule has 4 heteroatoms. The van der Waals surface area contributed by atoms with Gasteiger partial charge in [-0.25, -0.2) is 4.79 Å². The average Bonchev–Trinajstić information content (AvgIpc) is 2.43. The molecule has 1 aromatic rings. The molecule has 0 unspecified atom stereocenters. The summed E-state index contributed by atoms with van der Waals surface area (Å²) >= 11 is 0. The summed E-state index contributed by atoms with van der Waals surface area (Å²) in [7, 11) is 1.63. The van der Waals surface area contributed by atoms with Gasteiger partial charge in [0.25, 0.3) is 0 Å². The Bertz CT molecular complexity index is 499. The highest BCUT2D eigenvalue weighted by Crippen LogP contribution is 2.44. The lowest BCUT2D eigenvalue weighted by atomic mass is 9.72. The Morgan fingerprint density at radius 3 is 2.38 bits per heavy atom. The van der Waals surface area contributed by atoms with Crippen LogP contribution >= 0.6 is 0 Å². The van der Waals surface area contributed by atoms with Gasteiger partial charge in [0, 0.05) is 18.5 Å². The van der Waals surface area contributed by atoms with E-state index in [9.17, 15) is 4.79 Å². The SMILES string of the molecule is CCCC1(CCC)CN(c2cc(C(=O)O)ccc2OC)C1. The monoisotopic (exact) mass is 291 g/mol. The third-order valence-electron chi connectivity index (χ3n) is 4.38. The topological polar surface area (TPSA) is 49.8 Å². The molecule has 0 saturated carbocycles. The van der Waals surface area contributed by atoms with Crippen LogP contribution in [-0.2, 0) is 0 Å². The molecule has 1 saturated heterocycles. The summed E-state index contributed by atoms with van der Waals surface area (Å²) in [5.74, 6) is -0.144. The van der Waals surface area contributed by atoms with E-state index in [2.05, 4.69) is 18.7 Å². The molecule has 1 N–H and O–H groups in total. The van der Waals surface area contributed by atoms with Crippen LogP contribution in [0.1, 0.15) is 49.9 Å². The van der Waals surface area contributed by atoms with Crippen molar-refractivity contribution in [1.82, 2.24) is 0 Å². The van der Waals surface area contributed by atoms with Gasteiger partial charge in [-0.3, -0.25) is 0 Å². The summed E-state index contributed by atoms with van der Waals surface area (Å²) in [5.41, 5.74) is 1.61. The Morgan fingerprint density at radius 2 is 1.90 bits per heavy atom. The van der Waals surface area contributed by atoms with Gasteiger partial charge in [-0.1, -0.05) is 26.7 Å². The van der Waals surface area contributed by atoms with E-state index in [-0.39, 0.29) is 0 Å². The third-order valence-corrected chi connectivity index (χ3v) is 4.38. The summed E-state index contributed by atoms with van der Waals surface area (Å²) in [5, 5.41) is 9.16. The molecule has 1 aliphatic rings. The second-order valence-electron chi connectivity index (χ2n) is 6.05. The Balaban J connectivity index is 2.20. The van der Waals surface area contributed by atoms with Crippen molar-refractivity contribution in [2.45, 2.75) is 39.5 Å². The maximum atomic E-state index is 11.2. The standard InChI is InChI=1S/C17H25NO3/c1-4-8-17(9-5-2)11-18(12-17)14-10-13(16(19)20)6-7-15(14)21-3/h6-7,10H,4-5,8-9,11-12H2,1-3H3,(H,19,20). The number of carboxylic acids is 1. The van der Waals surface area contributed by atoms with E-state index >= 15 is 0 Å². The first-order valence-corrected chi connectivity index (χ1v) is 7.71. The van der Waals surface area contributed by atoms with Crippen LogP contribution < -0.4 is 9.64 Å². The van der Waals surface area contributed by atoms with E-state index in [1.54, 1.807) is 25.3 Å². The minimum Gasteiger partial charge on any atom is -0.495 e. The van der Waals surface area contributed by atoms with Crippen molar-refractivity contribution >= 4 is 11.7 Å². The first-order valence-electron chi connectivity index (χ1n) is 7.71. The molecule has 1 heterocycles. The van der Waals surface area contributed by atoms with Crippen LogP contribution in [0.4, 0.5) is 5.69 Å². The summed E-state index contributed by atoms with van der Waals surface area (Å²) in [6, 6.07) is 5.07. The van der Waals surface area contributed by atoms with Crippen molar-refractivity contribution in [3.63, 3.8) is 0 Å². The maximum Gasteiger partial charge on any atom is 0.335 e. The first-order chi connectivity index (χ1) is 10.0. The summed E-state index contributed by atoms with van der Waals surface area (Å²) < 4.78 is 5.39. The Labute approximate surface area is 126 Å². The van der Waals surface area contributed by atoms with Crippen molar-refractivity contribution in [2.24, 2.45) is 5.41 Å². The van der Waals surface area contributed by atoms with Gasteiger partial charge in [0.2, 0.25) is 0 Å². The maximum absolute atomic E-state index is 11.2. The lowest BCUT2D eigenvalue weighted by molar-refractivity contribution is 0.0697. The number of hydrogen-bond acceptors (Lipinski definition) is 3. The van der Waals surface area contributed by atoms with E-state index < -0.39 is 5.97 Å². The molecule has 2 rings (SSSR count). The Morgan fingerprint density at radius 1 is 1.29 bits per heavy atom. The van der Waals surface area contributed by atoms with E-state index in [1.807, 2.05) is 0 Å². The third kappa shape index (κ3) is 3.14. The number of aromatic carboxylic acids is 1. The number of benzene rings is 1. The molecular weight excluding hydrogens is 266 g/mol. The van der Waals surface area contributed by atoms with E-state index in [4.69, 9.17) is 9.84 Å². The second kappa shape index (κ2) is 6.37. The number of rotatable bonds is 7. The minimum absolute atomic E-state index is 0.314. The van der Waals surface area contributed by atoms with Gasteiger partial charge in [-0.15, -0.1) is 0 Å². The van der Waals surface area contributed by atoms with Crippen molar-refractivity contribution in [3.8, 4) is 5.75 Å². The molecule has 1 aromatic carbocycles. The van der Waals surface area contributed by atoms with Gasteiger partial charge in [0.15, 0.2) is 0 Å². The van der Waals surface area contributed by atoms with Crippen LogP contribution in [0.5, 0.6) is 5.75 Å². The minimum atomic E-state index is -0.896. The van der Waals surface area contributed by atoms with Crippen molar-refractivity contribution in [3.05, 3.63) is 23.8 Å². The van der Waals surface area contributed by atoms with Crippen LogP contribution in [-0.4, -0.2) is 31.3 Å². The summed E-state index contributed by atoms with van der Waals surface area (Å²) in [4.78, 5) is 13.4. The van der Waals surface area contributed by atoms with Crippen LogP contribution in [0.15, 0.2) is 18.2 Å². The van der Waals surface area contributed by atoms with Gasteiger partial charge in [0.1, 0.15) is 5.75 Å². The lowest BCUT2D eigenvalue weighted by Crippen LogP contribution is -2.56. The number of carboxylic acid groups (broad SMARTS) is 1. The Kier molecular flexibility index (Phi) is 4.76. The molecule has 0 radical (unpaired) electrons. The molecular formula is C17H25NO3. The average molecular weight is 291 g/mol. The fourth-order valence-corrected chi connectivity index (χ4v) is 3.51. The molecule has 4 nitrogen and oxygen atoms in total. The van der Waals surface area contributed by atoms with Gasteiger partial charge in [0.05, 0.1) is 18.4 Å². The highest BCUT2D eigenvalue weighted by atomic mass is 16.5. The number of methoxy groups -OCH3 is 1. The van der Waals surface area contributed by atoms with Crippen LogP contribution in [0.2, 0.25) is 0 Å². The molecule has 21 heavy (non-hydrogen) atoms. The highest BCUT2D eigenvalue weighted by molar-refractivity contribution is 5.89. The zero-order valence-corrected chi connectivity index (χ0v) is 13.2. The number of anilines is 1. The zero-order chi connectivity index (χ0) is 15.5. The van der Waals surface area contributed by atoms with Gasteiger partial charge < -0.3 is 14.7 Å². The fraction of sp³-hybridized carbons (Fsp3) is 0.588. The largest absolute Gasteiger partial charge is 0.495 e. The van der Waals surface area contributed by atoms with Crippen molar-refractivity contribution in [2.75, 3.05) is 25.1 Å². The predicted molar refractivity (Wildman–Crippen MR) is 84.4 cm³/mol. The van der Waals surface area contributed by atoms with Crippen molar-refractivity contribution < 1.29 is 14.6 Å². The quantitative estimate of drug-likeness (QED) is 0.830. The second-order valence-corrected chi connectivity index (χ2v) is 6.05. The van der Waals surface area contributed by atoms with E-state index in [0.29, 0.717) is 11.0 Å². The molecule has 1 fully saturated rings. The molecule has 0 amide bonds. The molecule has 1 aliphatic heterocycles. The van der Waals surface area contributed by atoms with Crippen LogP contribution in [0.25, 0.3) is 0 Å². The zero-order valence-electron chi connectivity index (χ0n) is 13.2. The molecule has 116 valence electrons. The molecule has 0 spiro atoms. The lowest BCUT2D eigenvalue weighted by Gasteiger charge is -2.52. The molecule has 0 bridgehead atoms. The first kappa shape index (κ1) is 15.7. The molecule has 0 atom stereocenters. The number of nitrogens with zero attached hydrogens (tertiary/aromatic N) is 1. The number of hydrogen-bond donors (Lipinski definition) is 1. The predicted octanol–water partition coefficient (Wildman–Crippen LogP) is 3.80. The van der Waals surface area contributed by atoms with Crippen molar-refractivity contribution in [1.29, 1.82) is 0 Å². The molecule has 0 aromatic heterocycles. The van der Waals surface area contributed by atoms with Gasteiger partial charge >= 0.3 is 5.97 Å². The fourth-order valence-electron chi connectivity index (χ4n) is 3.51. The van der Waals surface area contributed by atoms with Crippen LogP contribution in [0.3, 0.4) is 0 Å². The smallest absolute Gasteiger partial charge is 0.335 e.